The molecule has 0 spiro atoms. The third kappa shape index (κ3) is 3.00. The van der Waals surface area contributed by atoms with Gasteiger partial charge in [0, 0.05) is 35.9 Å². The van der Waals surface area contributed by atoms with Crippen LogP contribution in [0.2, 0.25) is 0 Å². The molecule has 2 atom stereocenters. The molecule has 1 saturated heterocycles. The molecule has 4 heterocycles. The number of hydrogen-bond donors (Lipinski definition) is 0. The van der Waals surface area contributed by atoms with Gasteiger partial charge in [-0.05, 0) is 45.4 Å². The number of hydrogen-bond acceptors (Lipinski definition) is 6. The first-order valence-corrected chi connectivity index (χ1v) is 9.43. The average molecular weight is 354 g/mol. The second-order valence-corrected chi connectivity index (χ2v) is 7.94. The van der Waals surface area contributed by atoms with Gasteiger partial charge < -0.3 is 9.64 Å². The average Bonchev–Trinajstić information content (AvgIpc) is 2.88. The fourth-order valence-electron chi connectivity index (χ4n) is 3.43. The van der Waals surface area contributed by atoms with Crippen molar-refractivity contribution in [2.75, 3.05) is 18.0 Å². The van der Waals surface area contributed by atoms with Crippen LogP contribution in [0.15, 0.2) is 24.5 Å². The van der Waals surface area contributed by atoms with E-state index < -0.39 is 0 Å². The van der Waals surface area contributed by atoms with Gasteiger partial charge in [-0.15, -0.1) is 11.3 Å². The molecule has 3 aromatic rings. The number of fused-ring (bicyclic) bond motifs is 1. The molecule has 4 rings (SSSR count). The fourth-order valence-corrected chi connectivity index (χ4v) is 4.46. The van der Waals surface area contributed by atoms with Crippen LogP contribution in [-0.4, -0.2) is 40.2 Å². The van der Waals surface area contributed by atoms with Crippen LogP contribution in [-0.2, 0) is 4.74 Å². The minimum Gasteiger partial charge on any atom is -0.372 e. The first-order chi connectivity index (χ1) is 12.0. The van der Waals surface area contributed by atoms with Crippen LogP contribution < -0.4 is 4.90 Å². The Balaban J connectivity index is 1.91. The predicted octanol–water partition coefficient (Wildman–Crippen LogP) is 3.98. The molecule has 0 radical (unpaired) electrons. The third-order valence-electron chi connectivity index (χ3n) is 4.65. The molecule has 5 nitrogen and oxygen atoms in total. The maximum atomic E-state index is 5.91. The molecular formula is C19H22N4OS. The van der Waals surface area contributed by atoms with E-state index in [1.54, 1.807) is 17.5 Å². The van der Waals surface area contributed by atoms with Gasteiger partial charge in [-0.1, -0.05) is 0 Å². The Hall–Kier alpha value is -2.05. The highest BCUT2D eigenvalue weighted by Crippen LogP contribution is 2.37. The van der Waals surface area contributed by atoms with Crippen LogP contribution in [0.5, 0.6) is 0 Å². The summed E-state index contributed by atoms with van der Waals surface area (Å²) >= 11 is 1.74. The minimum atomic E-state index is 0.190. The zero-order chi connectivity index (χ0) is 17.6. The number of anilines is 1. The van der Waals surface area contributed by atoms with Gasteiger partial charge in [0.25, 0.3) is 0 Å². The van der Waals surface area contributed by atoms with Crippen molar-refractivity contribution in [1.82, 2.24) is 15.0 Å². The molecule has 1 aliphatic heterocycles. The number of ether oxygens (including phenoxy) is 1. The maximum Gasteiger partial charge on any atom is 0.164 e. The van der Waals surface area contributed by atoms with Crippen LogP contribution in [0.3, 0.4) is 0 Å². The summed E-state index contributed by atoms with van der Waals surface area (Å²) in [5.41, 5.74) is 2.23. The molecular weight excluding hydrogens is 332 g/mol. The van der Waals surface area contributed by atoms with E-state index in [1.165, 1.54) is 15.8 Å². The number of aryl methyl sites for hydroxylation is 2. The van der Waals surface area contributed by atoms with Gasteiger partial charge >= 0.3 is 0 Å². The monoisotopic (exact) mass is 354 g/mol. The Bertz CT molecular complexity index is 899. The molecule has 130 valence electrons. The Morgan fingerprint density at radius 2 is 1.92 bits per heavy atom. The Kier molecular flexibility index (Phi) is 4.17. The van der Waals surface area contributed by atoms with Gasteiger partial charge in [-0.2, -0.15) is 0 Å². The van der Waals surface area contributed by atoms with Crippen LogP contribution in [0.1, 0.15) is 24.3 Å². The molecule has 0 bridgehead atoms. The Morgan fingerprint density at radius 1 is 1.16 bits per heavy atom. The van der Waals surface area contributed by atoms with Crippen LogP contribution >= 0.6 is 11.3 Å². The fraction of sp³-hybridized carbons (Fsp3) is 0.421. The summed E-state index contributed by atoms with van der Waals surface area (Å²) in [7, 11) is 0. The highest BCUT2D eigenvalue weighted by atomic mass is 32.1. The summed E-state index contributed by atoms with van der Waals surface area (Å²) in [5, 5.41) is 1.18. The molecule has 0 aromatic carbocycles. The SMILES string of the molecule is Cc1sc2nc(-c3cccnc3)nc(N3CC(C)OC(C)C3)c2c1C. The highest BCUT2D eigenvalue weighted by molar-refractivity contribution is 7.18. The predicted molar refractivity (Wildman–Crippen MR) is 102 cm³/mol. The van der Waals surface area contributed by atoms with Crippen molar-refractivity contribution in [2.45, 2.75) is 39.9 Å². The van der Waals surface area contributed by atoms with Gasteiger partial charge in [0.2, 0.25) is 0 Å². The van der Waals surface area contributed by atoms with E-state index >= 15 is 0 Å². The van der Waals surface area contributed by atoms with Crippen molar-refractivity contribution in [3.63, 3.8) is 0 Å². The van der Waals surface area contributed by atoms with Crippen molar-refractivity contribution < 1.29 is 4.74 Å². The number of aromatic nitrogens is 3. The highest BCUT2D eigenvalue weighted by Gasteiger charge is 2.27. The topological polar surface area (TPSA) is 51.1 Å². The summed E-state index contributed by atoms with van der Waals surface area (Å²) in [6, 6.07) is 3.93. The molecule has 1 aliphatic rings. The van der Waals surface area contributed by atoms with E-state index in [0.29, 0.717) is 0 Å². The van der Waals surface area contributed by atoms with Gasteiger partial charge in [-0.3, -0.25) is 4.98 Å². The van der Waals surface area contributed by atoms with Crippen molar-refractivity contribution in [2.24, 2.45) is 0 Å². The van der Waals surface area contributed by atoms with Crippen molar-refractivity contribution in [1.29, 1.82) is 0 Å². The van der Waals surface area contributed by atoms with E-state index in [0.717, 1.165) is 35.1 Å². The number of thiophene rings is 1. The lowest BCUT2D eigenvalue weighted by atomic mass is 10.1. The molecule has 6 heteroatoms. The van der Waals surface area contributed by atoms with E-state index in [1.807, 2.05) is 18.3 Å². The molecule has 0 aliphatic carbocycles. The van der Waals surface area contributed by atoms with Crippen molar-refractivity contribution in [3.8, 4) is 11.4 Å². The minimum absolute atomic E-state index is 0.190. The van der Waals surface area contributed by atoms with E-state index in [2.05, 4.69) is 37.6 Å². The molecule has 3 aromatic heterocycles. The molecule has 2 unspecified atom stereocenters. The lowest BCUT2D eigenvalue weighted by molar-refractivity contribution is -0.00536. The summed E-state index contributed by atoms with van der Waals surface area (Å²) < 4.78 is 5.91. The van der Waals surface area contributed by atoms with E-state index in [9.17, 15) is 0 Å². The van der Waals surface area contributed by atoms with Crippen molar-refractivity contribution in [3.05, 3.63) is 35.0 Å². The largest absolute Gasteiger partial charge is 0.372 e. The Morgan fingerprint density at radius 3 is 2.60 bits per heavy atom. The number of pyridine rings is 1. The summed E-state index contributed by atoms with van der Waals surface area (Å²) in [4.78, 5) is 18.7. The summed E-state index contributed by atoms with van der Waals surface area (Å²) in [6.07, 6.45) is 3.97. The quantitative estimate of drug-likeness (QED) is 0.697. The standard InChI is InChI=1S/C19H22N4OS/c1-11-9-23(10-12(2)24-11)18-16-13(3)14(4)25-19(16)22-17(21-18)15-6-5-7-20-8-15/h5-8,11-12H,9-10H2,1-4H3. The molecule has 25 heavy (non-hydrogen) atoms. The zero-order valence-corrected chi connectivity index (χ0v) is 15.8. The van der Waals surface area contributed by atoms with E-state index in [-0.39, 0.29) is 12.2 Å². The Labute approximate surface area is 151 Å². The van der Waals surface area contributed by atoms with Crippen LogP contribution in [0, 0.1) is 13.8 Å². The smallest absolute Gasteiger partial charge is 0.164 e. The normalized spacial score (nSPS) is 21.0. The second kappa shape index (κ2) is 6.35. The lowest BCUT2D eigenvalue weighted by Crippen LogP contribution is -2.46. The maximum absolute atomic E-state index is 5.91. The van der Waals surface area contributed by atoms with Crippen LogP contribution in [0.4, 0.5) is 5.82 Å². The third-order valence-corrected chi connectivity index (χ3v) is 5.75. The summed E-state index contributed by atoms with van der Waals surface area (Å²) in [5.74, 6) is 1.76. The van der Waals surface area contributed by atoms with Crippen LogP contribution in [0.25, 0.3) is 21.6 Å². The van der Waals surface area contributed by atoms with E-state index in [4.69, 9.17) is 14.7 Å². The first-order valence-electron chi connectivity index (χ1n) is 8.61. The van der Waals surface area contributed by atoms with Gasteiger partial charge in [0.1, 0.15) is 10.6 Å². The number of rotatable bonds is 2. The second-order valence-electron chi connectivity index (χ2n) is 6.74. The van der Waals surface area contributed by atoms with Gasteiger partial charge in [0.15, 0.2) is 5.82 Å². The number of nitrogens with zero attached hydrogens (tertiary/aromatic N) is 4. The summed E-state index contributed by atoms with van der Waals surface area (Å²) in [6.45, 7) is 10.2. The molecule has 1 fully saturated rings. The number of morpholine rings is 1. The van der Waals surface area contributed by atoms with Gasteiger partial charge in [0.05, 0.1) is 17.6 Å². The molecule has 0 saturated carbocycles. The first kappa shape index (κ1) is 16.4. The zero-order valence-electron chi connectivity index (χ0n) is 15.0. The molecule has 0 amide bonds. The van der Waals surface area contributed by atoms with Gasteiger partial charge in [-0.25, -0.2) is 9.97 Å². The van der Waals surface area contributed by atoms with Crippen molar-refractivity contribution >= 4 is 27.4 Å². The lowest BCUT2D eigenvalue weighted by Gasteiger charge is -2.36. The molecule has 0 N–H and O–H groups in total.